The highest BCUT2D eigenvalue weighted by atomic mass is 32.2. The third-order valence-electron chi connectivity index (χ3n) is 6.56. The summed E-state index contributed by atoms with van der Waals surface area (Å²) in [6, 6.07) is 10.6. The number of sulfonamides is 1. The number of aromatic nitrogens is 1. The molecule has 0 spiro atoms. The van der Waals surface area contributed by atoms with Crippen LogP contribution in [0.5, 0.6) is 0 Å². The van der Waals surface area contributed by atoms with E-state index in [0.29, 0.717) is 18.4 Å². The first-order valence-corrected chi connectivity index (χ1v) is 14.1. The van der Waals surface area contributed by atoms with Crippen LogP contribution in [0.15, 0.2) is 64.2 Å². The molecular weight excluding hydrogens is 508 g/mol. The minimum Gasteiger partial charge on any atom is -0.451 e. The fourth-order valence-corrected chi connectivity index (χ4v) is 6.18. The minimum atomic E-state index is -3.99. The Morgan fingerprint density at radius 3 is 2.58 bits per heavy atom. The van der Waals surface area contributed by atoms with Gasteiger partial charge in [-0.1, -0.05) is 38.1 Å². The van der Waals surface area contributed by atoms with Gasteiger partial charge in [0.2, 0.25) is 5.91 Å². The van der Waals surface area contributed by atoms with Crippen molar-refractivity contribution in [2.75, 3.05) is 6.54 Å². The van der Waals surface area contributed by atoms with Gasteiger partial charge in [-0.2, -0.15) is 4.31 Å². The number of ketones is 1. The second-order valence-corrected chi connectivity index (χ2v) is 11.7. The fraction of sp³-hybridized carbons (Fsp3) is 0.407. The van der Waals surface area contributed by atoms with Gasteiger partial charge in [0, 0.05) is 18.1 Å². The number of benzene rings is 1. The van der Waals surface area contributed by atoms with Crippen molar-refractivity contribution >= 4 is 38.6 Å². The van der Waals surface area contributed by atoms with Gasteiger partial charge < -0.3 is 15.1 Å². The number of para-hydroxylation sites is 1. The zero-order chi connectivity index (χ0) is 27.4. The Bertz CT molecular complexity index is 1390. The normalized spacial score (nSPS) is 19.7. The molecule has 3 heterocycles. The molecule has 3 aromatic rings. The van der Waals surface area contributed by atoms with Gasteiger partial charge in [-0.05, 0) is 56.4 Å². The molecule has 0 aliphatic carbocycles. The molecule has 1 aliphatic heterocycles. The van der Waals surface area contributed by atoms with E-state index in [4.69, 9.17) is 4.42 Å². The van der Waals surface area contributed by atoms with Crippen molar-refractivity contribution in [3.8, 4) is 0 Å². The van der Waals surface area contributed by atoms with Gasteiger partial charge in [0.15, 0.2) is 16.6 Å². The molecule has 0 saturated carbocycles. The van der Waals surface area contributed by atoms with E-state index in [2.05, 4.69) is 15.6 Å². The molecule has 0 unspecified atom stereocenters. The van der Waals surface area contributed by atoms with E-state index in [1.54, 1.807) is 30.3 Å². The molecule has 38 heavy (non-hydrogen) atoms. The molecule has 11 heteroatoms. The predicted molar refractivity (Wildman–Crippen MR) is 141 cm³/mol. The lowest BCUT2D eigenvalue weighted by Crippen LogP contribution is -2.54. The molecule has 2 aromatic heterocycles. The van der Waals surface area contributed by atoms with Crippen LogP contribution in [0.2, 0.25) is 0 Å². The lowest BCUT2D eigenvalue weighted by molar-refractivity contribution is -0.130. The molecule has 202 valence electrons. The van der Waals surface area contributed by atoms with Gasteiger partial charge in [-0.3, -0.25) is 14.4 Å². The number of nitrogens with zero attached hydrogens (tertiary/aromatic N) is 2. The van der Waals surface area contributed by atoms with Crippen molar-refractivity contribution in [2.45, 2.75) is 63.2 Å². The molecule has 4 rings (SSSR count). The van der Waals surface area contributed by atoms with Crippen LogP contribution in [0, 0.1) is 5.92 Å². The standard InChI is InChI=1S/C27H32N4O6S/c1-17(2)15-21(30-27(34)23-16-19-9-4-5-11-22(19)37-23)26(33)29-20-10-8-14-31(18(3)25(20)32)38(35,36)24-12-6-7-13-28-24/h4-7,9,11-13,16-18,20-21H,8,10,14-15H2,1-3H3,(H,29,33)(H,30,34)/t18-,20-,21+/m1/s1. The number of carbonyl (C=O) groups excluding carboxylic acids is 3. The van der Waals surface area contributed by atoms with E-state index in [1.807, 2.05) is 26.0 Å². The molecule has 0 bridgehead atoms. The topological polar surface area (TPSA) is 139 Å². The first-order chi connectivity index (χ1) is 18.1. The van der Waals surface area contributed by atoms with Crippen molar-refractivity contribution in [1.29, 1.82) is 0 Å². The number of Topliss-reactive ketones (excluding diaryl/α,β-unsaturated/α-hetero) is 1. The highest BCUT2D eigenvalue weighted by Gasteiger charge is 2.40. The zero-order valence-electron chi connectivity index (χ0n) is 21.6. The molecule has 2 N–H and O–H groups in total. The largest absolute Gasteiger partial charge is 0.451 e. The summed E-state index contributed by atoms with van der Waals surface area (Å²) in [6.45, 7) is 5.48. The monoisotopic (exact) mass is 540 g/mol. The Morgan fingerprint density at radius 1 is 1.16 bits per heavy atom. The number of carbonyl (C=O) groups is 3. The van der Waals surface area contributed by atoms with E-state index >= 15 is 0 Å². The van der Waals surface area contributed by atoms with Crippen LogP contribution in [0.25, 0.3) is 11.0 Å². The first kappa shape index (κ1) is 27.5. The van der Waals surface area contributed by atoms with Crippen molar-refractivity contribution in [3.05, 3.63) is 60.5 Å². The van der Waals surface area contributed by atoms with Crippen molar-refractivity contribution < 1.29 is 27.2 Å². The number of pyridine rings is 1. The lowest BCUT2D eigenvalue weighted by Gasteiger charge is -2.27. The number of hydrogen-bond acceptors (Lipinski definition) is 7. The van der Waals surface area contributed by atoms with E-state index in [9.17, 15) is 22.8 Å². The van der Waals surface area contributed by atoms with Crippen LogP contribution in [-0.2, 0) is 19.6 Å². The smallest absolute Gasteiger partial charge is 0.287 e. The summed E-state index contributed by atoms with van der Waals surface area (Å²) in [5, 5.41) is 6.15. The Labute approximate surface area is 221 Å². The summed E-state index contributed by atoms with van der Waals surface area (Å²) in [6.07, 6.45) is 2.37. The van der Waals surface area contributed by atoms with Gasteiger partial charge in [0.1, 0.15) is 11.6 Å². The number of fused-ring (bicyclic) bond motifs is 1. The summed E-state index contributed by atoms with van der Waals surface area (Å²) in [7, 11) is -3.99. The third kappa shape index (κ3) is 5.94. The lowest BCUT2D eigenvalue weighted by atomic mass is 10.00. The summed E-state index contributed by atoms with van der Waals surface area (Å²) in [5.74, 6) is -1.29. The van der Waals surface area contributed by atoms with Crippen LogP contribution >= 0.6 is 0 Å². The quantitative estimate of drug-likeness (QED) is 0.448. The van der Waals surface area contributed by atoms with E-state index in [-0.39, 0.29) is 29.7 Å². The van der Waals surface area contributed by atoms with Gasteiger partial charge in [0.05, 0.1) is 12.1 Å². The summed E-state index contributed by atoms with van der Waals surface area (Å²) in [5.41, 5.74) is 0.561. The molecule has 1 saturated heterocycles. The maximum absolute atomic E-state index is 13.3. The summed E-state index contributed by atoms with van der Waals surface area (Å²) >= 11 is 0. The van der Waals surface area contributed by atoms with E-state index < -0.39 is 45.7 Å². The number of nitrogens with one attached hydrogen (secondary N) is 2. The molecule has 1 aromatic carbocycles. The minimum absolute atomic E-state index is 0.0736. The highest BCUT2D eigenvalue weighted by Crippen LogP contribution is 2.23. The van der Waals surface area contributed by atoms with Gasteiger partial charge in [-0.25, -0.2) is 13.4 Å². The number of furan rings is 1. The molecule has 0 radical (unpaired) electrons. The number of hydrogen-bond donors (Lipinski definition) is 2. The first-order valence-electron chi connectivity index (χ1n) is 12.6. The summed E-state index contributed by atoms with van der Waals surface area (Å²) < 4.78 is 33.1. The second-order valence-electron chi connectivity index (χ2n) is 9.87. The van der Waals surface area contributed by atoms with Gasteiger partial charge >= 0.3 is 0 Å². The maximum Gasteiger partial charge on any atom is 0.287 e. The molecular formula is C27H32N4O6S. The van der Waals surface area contributed by atoms with Crippen LogP contribution < -0.4 is 10.6 Å². The Kier molecular flexibility index (Phi) is 8.27. The average molecular weight is 541 g/mol. The van der Waals surface area contributed by atoms with Gasteiger partial charge in [-0.15, -0.1) is 0 Å². The summed E-state index contributed by atoms with van der Waals surface area (Å²) in [4.78, 5) is 43.5. The average Bonchev–Trinajstić information content (AvgIpc) is 3.28. The van der Waals surface area contributed by atoms with Crippen molar-refractivity contribution in [3.63, 3.8) is 0 Å². The van der Waals surface area contributed by atoms with Crippen molar-refractivity contribution in [2.24, 2.45) is 5.92 Å². The third-order valence-corrected chi connectivity index (χ3v) is 8.45. The second kappa shape index (κ2) is 11.4. The van der Waals surface area contributed by atoms with Crippen LogP contribution in [0.3, 0.4) is 0 Å². The molecule has 2 amide bonds. The van der Waals surface area contributed by atoms with Crippen LogP contribution in [-0.4, -0.2) is 60.0 Å². The molecule has 1 aliphatic rings. The predicted octanol–water partition coefficient (Wildman–Crippen LogP) is 2.90. The van der Waals surface area contributed by atoms with Crippen LogP contribution in [0.1, 0.15) is 50.6 Å². The Hall–Kier alpha value is -3.57. The van der Waals surface area contributed by atoms with E-state index in [0.717, 1.165) is 9.69 Å². The number of rotatable bonds is 8. The fourth-order valence-electron chi connectivity index (χ4n) is 4.61. The zero-order valence-corrected chi connectivity index (χ0v) is 22.4. The molecule has 1 fully saturated rings. The Balaban J connectivity index is 1.47. The van der Waals surface area contributed by atoms with E-state index in [1.165, 1.54) is 19.2 Å². The maximum atomic E-state index is 13.3. The SMILES string of the molecule is CC(C)C[C@H](NC(=O)c1cc2ccccc2o1)C(=O)N[C@@H]1CCCN(S(=O)(=O)c2ccccn2)[C@H](C)C1=O. The number of amides is 2. The Morgan fingerprint density at radius 2 is 1.89 bits per heavy atom. The molecule has 10 nitrogen and oxygen atoms in total. The van der Waals surface area contributed by atoms with Crippen molar-refractivity contribution in [1.82, 2.24) is 19.9 Å². The van der Waals surface area contributed by atoms with Crippen LogP contribution in [0.4, 0.5) is 0 Å². The van der Waals surface area contributed by atoms with Gasteiger partial charge in [0.25, 0.3) is 15.9 Å². The highest BCUT2D eigenvalue weighted by molar-refractivity contribution is 7.89. The molecule has 3 atom stereocenters.